The first-order valence-corrected chi connectivity index (χ1v) is 4.38. The first-order valence-electron chi connectivity index (χ1n) is 4.38. The molecule has 4 atom stereocenters. The summed E-state index contributed by atoms with van der Waals surface area (Å²) >= 11 is 0. The zero-order valence-corrected chi connectivity index (χ0v) is 6.76. The van der Waals surface area contributed by atoms with Crippen molar-refractivity contribution in [3.05, 3.63) is 12.2 Å². The predicted octanol–water partition coefficient (Wildman–Crippen LogP) is 1.79. The quantitative estimate of drug-likeness (QED) is 0.479. The average molecular weight is 148 g/mol. The lowest BCUT2D eigenvalue weighted by Gasteiger charge is -2.28. The van der Waals surface area contributed by atoms with Gasteiger partial charge >= 0.3 is 0 Å². The van der Waals surface area contributed by atoms with Gasteiger partial charge in [-0.2, -0.15) is 0 Å². The van der Waals surface area contributed by atoms with Gasteiger partial charge in [-0.05, 0) is 24.2 Å². The van der Waals surface area contributed by atoms with Crippen molar-refractivity contribution < 1.29 is 4.79 Å². The zero-order valence-electron chi connectivity index (χ0n) is 6.76. The second kappa shape index (κ2) is 1.33. The summed E-state index contributed by atoms with van der Waals surface area (Å²) in [5, 5.41) is 0. The molecular formula is C10H12O. The normalized spacial score (nSPS) is 58.5. The van der Waals surface area contributed by atoms with E-state index in [-0.39, 0.29) is 5.92 Å². The lowest BCUT2D eigenvalue weighted by molar-refractivity contribution is -0.124. The summed E-state index contributed by atoms with van der Waals surface area (Å²) in [6.45, 7) is 6.29. The largest absolute Gasteiger partial charge is 0.299 e. The number of allylic oxidation sites excluding steroid dienone is 1. The van der Waals surface area contributed by atoms with E-state index in [9.17, 15) is 4.79 Å². The minimum Gasteiger partial charge on any atom is -0.299 e. The first kappa shape index (κ1) is 5.99. The van der Waals surface area contributed by atoms with Crippen molar-refractivity contribution in [3.8, 4) is 0 Å². The standard InChI is InChI=1S/C10H12O/c1-5-6-3-4-10(2)7(5)8(10)9(6)11/h6-8H,1,3-4H2,2H3/t6-,7-,8+,10+/m1/s1. The highest BCUT2D eigenvalue weighted by Gasteiger charge is 2.74. The van der Waals surface area contributed by atoms with E-state index >= 15 is 0 Å². The molecule has 0 radical (unpaired) electrons. The number of hydrogen-bond acceptors (Lipinski definition) is 1. The van der Waals surface area contributed by atoms with Crippen LogP contribution in [-0.2, 0) is 4.79 Å². The smallest absolute Gasteiger partial charge is 0.144 e. The van der Waals surface area contributed by atoms with Crippen LogP contribution in [0.15, 0.2) is 12.2 Å². The van der Waals surface area contributed by atoms with Crippen LogP contribution in [0.4, 0.5) is 0 Å². The number of ketones is 1. The molecule has 4 fully saturated rings. The molecule has 4 bridgehead atoms. The molecule has 0 aromatic rings. The van der Waals surface area contributed by atoms with E-state index in [2.05, 4.69) is 13.5 Å². The summed E-state index contributed by atoms with van der Waals surface area (Å²) in [5.41, 5.74) is 1.62. The molecule has 0 spiro atoms. The maximum absolute atomic E-state index is 11.6. The second-order valence-electron chi connectivity index (χ2n) is 4.53. The molecule has 0 N–H and O–H groups in total. The molecule has 4 saturated carbocycles. The Morgan fingerprint density at radius 1 is 1.55 bits per heavy atom. The van der Waals surface area contributed by atoms with Gasteiger partial charge in [0.25, 0.3) is 0 Å². The van der Waals surface area contributed by atoms with Gasteiger partial charge in [0.05, 0.1) is 0 Å². The Morgan fingerprint density at radius 2 is 2.27 bits per heavy atom. The van der Waals surface area contributed by atoms with Crippen LogP contribution in [0, 0.1) is 23.2 Å². The molecule has 0 aliphatic heterocycles. The summed E-state index contributed by atoms with van der Waals surface area (Å²) in [4.78, 5) is 11.6. The van der Waals surface area contributed by atoms with E-state index in [0.717, 1.165) is 6.42 Å². The zero-order chi connectivity index (χ0) is 7.80. The molecule has 0 amide bonds. The second-order valence-corrected chi connectivity index (χ2v) is 4.53. The van der Waals surface area contributed by atoms with Gasteiger partial charge in [0.2, 0.25) is 0 Å². The average Bonchev–Trinajstić information content (AvgIpc) is 2.49. The summed E-state index contributed by atoms with van der Waals surface area (Å²) < 4.78 is 0. The minimum absolute atomic E-state index is 0.270. The Balaban J connectivity index is 2.15. The van der Waals surface area contributed by atoms with Crippen molar-refractivity contribution in [2.45, 2.75) is 19.8 Å². The van der Waals surface area contributed by atoms with Gasteiger partial charge in [0, 0.05) is 11.8 Å². The third-order valence-electron chi connectivity index (χ3n) is 4.11. The van der Waals surface area contributed by atoms with Crippen LogP contribution in [0.1, 0.15) is 19.8 Å². The highest BCUT2D eigenvalue weighted by atomic mass is 16.1. The molecule has 0 aromatic carbocycles. The number of carbonyl (C=O) groups excluding carboxylic acids is 1. The molecule has 11 heavy (non-hydrogen) atoms. The monoisotopic (exact) mass is 148 g/mol. The van der Waals surface area contributed by atoms with Crippen molar-refractivity contribution in [2.24, 2.45) is 23.2 Å². The fraction of sp³-hybridized carbons (Fsp3) is 0.700. The maximum Gasteiger partial charge on any atom is 0.144 e. The highest BCUT2D eigenvalue weighted by Crippen LogP contribution is 2.74. The van der Waals surface area contributed by atoms with Crippen LogP contribution in [-0.4, -0.2) is 5.78 Å². The number of hydrogen-bond donors (Lipinski definition) is 0. The van der Waals surface area contributed by atoms with E-state index in [4.69, 9.17) is 0 Å². The molecule has 4 rings (SSSR count). The lowest BCUT2D eigenvalue weighted by Crippen LogP contribution is -2.27. The van der Waals surface area contributed by atoms with E-state index in [1.807, 2.05) is 0 Å². The van der Waals surface area contributed by atoms with E-state index in [1.54, 1.807) is 0 Å². The predicted molar refractivity (Wildman–Crippen MR) is 42.0 cm³/mol. The Labute approximate surface area is 66.5 Å². The molecule has 4 aliphatic carbocycles. The Bertz CT molecular complexity index is 255. The maximum atomic E-state index is 11.6. The van der Waals surface area contributed by atoms with E-state index in [0.29, 0.717) is 23.0 Å². The van der Waals surface area contributed by atoms with E-state index in [1.165, 1.54) is 12.0 Å². The number of Topliss-reactive ketones (excluding diaryl/α,β-unsaturated/α-hetero) is 1. The summed E-state index contributed by atoms with van der Waals surface area (Å²) in [6, 6.07) is 0. The van der Waals surface area contributed by atoms with Gasteiger partial charge in [-0.15, -0.1) is 0 Å². The fourth-order valence-electron chi connectivity index (χ4n) is 3.40. The van der Waals surface area contributed by atoms with Crippen molar-refractivity contribution in [1.29, 1.82) is 0 Å². The Hall–Kier alpha value is -0.590. The summed E-state index contributed by atoms with van der Waals surface area (Å²) in [5.74, 6) is 1.77. The van der Waals surface area contributed by atoms with Crippen LogP contribution < -0.4 is 0 Å². The Morgan fingerprint density at radius 3 is 2.64 bits per heavy atom. The highest BCUT2D eigenvalue weighted by molar-refractivity contribution is 5.96. The molecule has 4 aliphatic rings. The van der Waals surface area contributed by atoms with Crippen molar-refractivity contribution in [1.82, 2.24) is 0 Å². The fourth-order valence-corrected chi connectivity index (χ4v) is 3.40. The van der Waals surface area contributed by atoms with Gasteiger partial charge in [-0.25, -0.2) is 0 Å². The molecule has 1 heteroatoms. The van der Waals surface area contributed by atoms with Crippen LogP contribution in [0.25, 0.3) is 0 Å². The molecular weight excluding hydrogens is 136 g/mol. The molecule has 1 nitrogen and oxygen atoms in total. The Kier molecular flexibility index (Phi) is 0.721. The lowest BCUT2D eigenvalue weighted by atomic mass is 9.75. The number of rotatable bonds is 0. The molecule has 0 saturated heterocycles. The van der Waals surface area contributed by atoms with Gasteiger partial charge in [0.1, 0.15) is 5.78 Å². The van der Waals surface area contributed by atoms with Crippen LogP contribution in [0.5, 0.6) is 0 Å². The van der Waals surface area contributed by atoms with Crippen molar-refractivity contribution in [3.63, 3.8) is 0 Å². The summed E-state index contributed by atoms with van der Waals surface area (Å²) in [6.07, 6.45) is 2.35. The molecule has 0 aromatic heterocycles. The van der Waals surface area contributed by atoms with Gasteiger partial charge < -0.3 is 0 Å². The van der Waals surface area contributed by atoms with Crippen LogP contribution in [0.3, 0.4) is 0 Å². The van der Waals surface area contributed by atoms with E-state index < -0.39 is 0 Å². The molecule has 0 unspecified atom stereocenters. The number of fused-ring (bicyclic) bond motifs is 1. The van der Waals surface area contributed by atoms with Gasteiger partial charge in [-0.3, -0.25) is 4.79 Å². The molecule has 58 valence electrons. The number of carbonyl (C=O) groups is 1. The van der Waals surface area contributed by atoms with Crippen molar-refractivity contribution in [2.75, 3.05) is 0 Å². The first-order chi connectivity index (χ1) is 5.16. The van der Waals surface area contributed by atoms with Crippen LogP contribution in [0.2, 0.25) is 0 Å². The van der Waals surface area contributed by atoms with Gasteiger partial charge in [-0.1, -0.05) is 19.1 Å². The summed E-state index contributed by atoms with van der Waals surface area (Å²) in [7, 11) is 0. The minimum atomic E-state index is 0.270. The van der Waals surface area contributed by atoms with Crippen molar-refractivity contribution >= 4 is 5.78 Å². The third-order valence-corrected chi connectivity index (χ3v) is 4.11. The SMILES string of the molecule is C=C1[C@H]2CC[C@@]3(C)[C@H]1[C@H]3C2=O. The van der Waals surface area contributed by atoms with Gasteiger partial charge in [0.15, 0.2) is 0 Å². The molecule has 0 heterocycles. The van der Waals surface area contributed by atoms with Crippen LogP contribution >= 0.6 is 0 Å². The topological polar surface area (TPSA) is 17.1 Å². The third kappa shape index (κ3) is 0.412.